The van der Waals surface area contributed by atoms with Crippen molar-refractivity contribution in [3.05, 3.63) is 63.6 Å². The van der Waals surface area contributed by atoms with Crippen LogP contribution >= 0.6 is 35.0 Å². The molecule has 0 bridgehead atoms. The Labute approximate surface area is 143 Å². The number of H-pyrrole nitrogens is 1. The van der Waals surface area contributed by atoms with Crippen molar-refractivity contribution in [2.45, 2.75) is 17.8 Å². The molecule has 3 nitrogen and oxygen atoms in total. The predicted octanol–water partition coefficient (Wildman–Crippen LogP) is 5.38. The van der Waals surface area contributed by atoms with Gasteiger partial charge in [0.05, 0.1) is 0 Å². The summed E-state index contributed by atoms with van der Waals surface area (Å²) < 4.78 is 0. The highest BCUT2D eigenvalue weighted by molar-refractivity contribution is 7.98. The molecule has 0 amide bonds. The highest BCUT2D eigenvalue weighted by atomic mass is 35.5. The van der Waals surface area contributed by atoms with Gasteiger partial charge < -0.3 is 0 Å². The molecule has 0 saturated heterocycles. The van der Waals surface area contributed by atoms with Crippen LogP contribution < -0.4 is 0 Å². The molecular formula is C16H13Cl2N3S. The van der Waals surface area contributed by atoms with Gasteiger partial charge in [-0.2, -0.15) is 0 Å². The zero-order valence-electron chi connectivity index (χ0n) is 11.8. The standard InChI is InChI=1S/C16H13Cl2N3S/c1-10-5-2-3-6-11(10)15-19-16(21-20-15)22-9-12-13(17)7-4-8-14(12)18/h2-8H,9H2,1H3,(H,19,20,21). The summed E-state index contributed by atoms with van der Waals surface area (Å²) in [5, 5.41) is 9.23. The van der Waals surface area contributed by atoms with Gasteiger partial charge in [-0.25, -0.2) is 4.98 Å². The van der Waals surface area contributed by atoms with Crippen LogP contribution in [0.25, 0.3) is 11.4 Å². The van der Waals surface area contributed by atoms with Crippen molar-refractivity contribution in [1.29, 1.82) is 0 Å². The van der Waals surface area contributed by atoms with E-state index in [1.165, 1.54) is 11.8 Å². The Hall–Kier alpha value is -1.49. The number of nitrogens with one attached hydrogen (secondary N) is 1. The van der Waals surface area contributed by atoms with Crippen LogP contribution in [0.15, 0.2) is 47.6 Å². The van der Waals surface area contributed by atoms with Crippen LogP contribution in [0.4, 0.5) is 0 Å². The van der Waals surface area contributed by atoms with Crippen molar-refractivity contribution < 1.29 is 0 Å². The molecule has 3 aromatic rings. The number of aromatic amines is 1. The summed E-state index contributed by atoms with van der Waals surface area (Å²) in [5.41, 5.74) is 3.11. The summed E-state index contributed by atoms with van der Waals surface area (Å²) in [6, 6.07) is 13.6. The number of rotatable bonds is 4. The van der Waals surface area contributed by atoms with Gasteiger partial charge in [0.1, 0.15) is 0 Å². The maximum absolute atomic E-state index is 6.17. The van der Waals surface area contributed by atoms with Gasteiger partial charge in [-0.1, -0.05) is 65.3 Å². The fraction of sp³-hybridized carbons (Fsp3) is 0.125. The minimum atomic E-state index is 0.629. The number of thioether (sulfide) groups is 1. The molecule has 0 aliphatic rings. The van der Waals surface area contributed by atoms with Crippen molar-refractivity contribution in [3.63, 3.8) is 0 Å². The van der Waals surface area contributed by atoms with E-state index < -0.39 is 0 Å². The van der Waals surface area contributed by atoms with Crippen LogP contribution in [0.5, 0.6) is 0 Å². The third kappa shape index (κ3) is 3.29. The Bertz CT molecular complexity index is 781. The lowest BCUT2D eigenvalue weighted by atomic mass is 10.1. The SMILES string of the molecule is Cc1ccccc1-c1nc(SCc2c(Cl)cccc2Cl)n[nH]1. The van der Waals surface area contributed by atoms with Crippen molar-refractivity contribution in [3.8, 4) is 11.4 Å². The number of aromatic nitrogens is 3. The quantitative estimate of drug-likeness (QED) is 0.643. The van der Waals surface area contributed by atoms with Gasteiger partial charge in [0.2, 0.25) is 5.16 Å². The molecule has 2 aromatic carbocycles. The van der Waals surface area contributed by atoms with Crippen molar-refractivity contribution in [1.82, 2.24) is 15.2 Å². The third-order valence-corrected chi connectivity index (χ3v) is 4.85. The zero-order valence-corrected chi connectivity index (χ0v) is 14.1. The smallest absolute Gasteiger partial charge is 0.209 e. The average Bonchev–Trinajstić information content (AvgIpc) is 2.96. The molecule has 3 rings (SSSR count). The van der Waals surface area contributed by atoms with Crippen LogP contribution in [0, 0.1) is 6.92 Å². The maximum atomic E-state index is 6.17. The lowest BCUT2D eigenvalue weighted by Gasteiger charge is -2.04. The molecule has 1 aromatic heterocycles. The van der Waals surface area contributed by atoms with Gasteiger partial charge in [0.25, 0.3) is 0 Å². The summed E-state index contributed by atoms with van der Waals surface area (Å²) >= 11 is 13.8. The molecule has 6 heteroatoms. The van der Waals surface area contributed by atoms with E-state index in [1.54, 1.807) is 0 Å². The van der Waals surface area contributed by atoms with Gasteiger partial charge >= 0.3 is 0 Å². The number of hydrogen-bond acceptors (Lipinski definition) is 3. The van der Waals surface area contributed by atoms with E-state index in [2.05, 4.69) is 15.2 Å². The Morgan fingerprint density at radius 3 is 2.50 bits per heavy atom. The molecule has 0 saturated carbocycles. The van der Waals surface area contributed by atoms with E-state index in [1.807, 2.05) is 49.4 Å². The second-order valence-corrected chi connectivity index (χ2v) is 6.53. The first-order valence-corrected chi connectivity index (χ1v) is 8.43. The van der Waals surface area contributed by atoms with Crippen LogP contribution in [0.3, 0.4) is 0 Å². The number of benzene rings is 2. The molecule has 0 aliphatic heterocycles. The normalized spacial score (nSPS) is 10.9. The molecule has 0 atom stereocenters. The maximum Gasteiger partial charge on any atom is 0.209 e. The van der Waals surface area contributed by atoms with Gasteiger partial charge in [0, 0.05) is 21.4 Å². The molecular weight excluding hydrogens is 337 g/mol. The second kappa shape index (κ2) is 6.73. The van der Waals surface area contributed by atoms with E-state index >= 15 is 0 Å². The highest BCUT2D eigenvalue weighted by Crippen LogP contribution is 2.31. The Balaban J connectivity index is 1.77. The van der Waals surface area contributed by atoms with Gasteiger partial charge in [-0.15, -0.1) is 5.10 Å². The summed E-state index contributed by atoms with van der Waals surface area (Å²) in [7, 11) is 0. The Kier molecular flexibility index (Phi) is 4.71. The predicted molar refractivity (Wildman–Crippen MR) is 92.6 cm³/mol. The zero-order chi connectivity index (χ0) is 15.5. The summed E-state index contributed by atoms with van der Waals surface area (Å²) in [6.45, 7) is 2.05. The van der Waals surface area contributed by atoms with Gasteiger partial charge in [0.15, 0.2) is 5.82 Å². The van der Waals surface area contributed by atoms with Crippen LogP contribution in [-0.2, 0) is 5.75 Å². The molecule has 0 spiro atoms. The van der Waals surface area contributed by atoms with Crippen LogP contribution in [0.1, 0.15) is 11.1 Å². The monoisotopic (exact) mass is 349 g/mol. The first kappa shape index (κ1) is 15.4. The Morgan fingerprint density at radius 1 is 1.05 bits per heavy atom. The third-order valence-electron chi connectivity index (χ3n) is 3.27. The number of halogens is 2. The summed E-state index contributed by atoms with van der Waals surface area (Å²) in [4.78, 5) is 4.53. The van der Waals surface area contributed by atoms with Crippen LogP contribution in [-0.4, -0.2) is 15.2 Å². The average molecular weight is 350 g/mol. The Morgan fingerprint density at radius 2 is 1.77 bits per heavy atom. The molecule has 0 radical (unpaired) electrons. The second-order valence-electron chi connectivity index (χ2n) is 4.77. The van der Waals surface area contributed by atoms with E-state index in [9.17, 15) is 0 Å². The first-order valence-electron chi connectivity index (χ1n) is 6.69. The largest absolute Gasteiger partial charge is 0.258 e. The van der Waals surface area contributed by atoms with E-state index in [-0.39, 0.29) is 0 Å². The summed E-state index contributed by atoms with van der Waals surface area (Å²) in [5.74, 6) is 1.40. The number of nitrogens with zero attached hydrogens (tertiary/aromatic N) is 2. The van der Waals surface area contributed by atoms with E-state index in [4.69, 9.17) is 23.2 Å². The molecule has 1 heterocycles. The summed E-state index contributed by atoms with van der Waals surface area (Å²) in [6.07, 6.45) is 0. The minimum Gasteiger partial charge on any atom is -0.258 e. The van der Waals surface area contributed by atoms with Crippen molar-refractivity contribution in [2.75, 3.05) is 0 Å². The fourth-order valence-electron chi connectivity index (χ4n) is 2.08. The lowest BCUT2D eigenvalue weighted by molar-refractivity contribution is 0.973. The molecule has 0 aliphatic carbocycles. The minimum absolute atomic E-state index is 0.629. The number of hydrogen-bond donors (Lipinski definition) is 1. The molecule has 0 fully saturated rings. The molecule has 0 unspecified atom stereocenters. The van der Waals surface area contributed by atoms with Crippen LogP contribution in [0.2, 0.25) is 10.0 Å². The molecule has 1 N–H and O–H groups in total. The topological polar surface area (TPSA) is 41.6 Å². The van der Waals surface area contributed by atoms with E-state index in [0.717, 1.165) is 22.5 Å². The lowest BCUT2D eigenvalue weighted by Crippen LogP contribution is -1.86. The van der Waals surface area contributed by atoms with Crippen molar-refractivity contribution in [2.24, 2.45) is 0 Å². The van der Waals surface area contributed by atoms with E-state index in [0.29, 0.717) is 21.0 Å². The molecule has 112 valence electrons. The van der Waals surface area contributed by atoms with Gasteiger partial charge in [-0.3, -0.25) is 5.10 Å². The number of aryl methyl sites for hydroxylation is 1. The molecule has 22 heavy (non-hydrogen) atoms. The fourth-order valence-corrected chi connectivity index (χ4v) is 3.62. The first-order chi connectivity index (χ1) is 10.6. The van der Waals surface area contributed by atoms with Crippen molar-refractivity contribution >= 4 is 35.0 Å². The highest BCUT2D eigenvalue weighted by Gasteiger charge is 2.11. The van der Waals surface area contributed by atoms with Gasteiger partial charge in [-0.05, 0) is 30.2 Å².